The van der Waals surface area contributed by atoms with Crippen LogP contribution in [-0.2, 0) is 67.4 Å². The summed E-state index contributed by atoms with van der Waals surface area (Å²) in [6.45, 7) is 0. The molecule has 0 radical (unpaired) electrons. The second kappa shape index (κ2) is 43.2. The zero-order valence-electron chi connectivity index (χ0n) is 3.71. The van der Waals surface area contributed by atoms with Crippen molar-refractivity contribution in [3.8, 4) is 0 Å². The van der Waals surface area contributed by atoms with Crippen LogP contribution in [0.5, 0.6) is 0 Å². The molecule has 0 saturated carbocycles. The Labute approximate surface area is 101 Å². The number of rotatable bonds is 0. The van der Waals surface area contributed by atoms with Crippen molar-refractivity contribution in [2.45, 2.75) is 0 Å². The molecule has 0 N–H and O–H groups in total. The van der Waals surface area contributed by atoms with Gasteiger partial charge in [-0.25, -0.2) is 0 Å². The summed E-state index contributed by atoms with van der Waals surface area (Å²) >= 11 is 0. The summed E-state index contributed by atoms with van der Waals surface area (Å²) in [7, 11) is 3.44. The Morgan fingerprint density at radius 1 is 1.17 bits per heavy atom. The van der Waals surface area contributed by atoms with Crippen LogP contribution >= 0.6 is 0 Å². The van der Waals surface area contributed by atoms with Gasteiger partial charge in [0.2, 0.25) is 0 Å². The molecule has 0 aliphatic heterocycles. The molecule has 0 heterocycles. The van der Waals surface area contributed by atoms with Gasteiger partial charge in [0.15, 0.2) is 17.4 Å². The molecule has 0 aromatic heterocycles. The zero-order chi connectivity index (χ0) is 2.00. The molecule has 6 heavy (non-hydrogen) atoms. The summed E-state index contributed by atoms with van der Waals surface area (Å²) in [5.74, 6) is 0. The van der Waals surface area contributed by atoms with E-state index in [0.29, 0.717) is 0 Å². The summed E-state index contributed by atoms with van der Waals surface area (Å²) in [5, 5.41) is 0. The summed E-state index contributed by atoms with van der Waals surface area (Å²) in [6.07, 6.45) is 0. The third kappa shape index (κ3) is 27.8. The van der Waals surface area contributed by atoms with Crippen molar-refractivity contribution in [3.05, 3.63) is 0 Å². The molecule has 0 fully saturated rings. The first kappa shape index (κ1) is 35.8. The van der Waals surface area contributed by atoms with Gasteiger partial charge in [-0.1, -0.05) is 0 Å². The molecule has 0 amide bonds. The summed E-state index contributed by atoms with van der Waals surface area (Å²) in [4.78, 5) is 0. The fourth-order valence-electron chi connectivity index (χ4n) is 0. The molecular weight excluding hydrogens is 270 g/mol. The van der Waals surface area contributed by atoms with E-state index in [1.807, 2.05) is 0 Å². The van der Waals surface area contributed by atoms with Gasteiger partial charge in [-0.15, -0.1) is 0 Å². The molecular formula is H8AlBSiTiZnZr. The second-order valence-electron chi connectivity index (χ2n) is 0. The van der Waals surface area contributed by atoms with E-state index in [-0.39, 0.29) is 84.8 Å². The van der Waals surface area contributed by atoms with Crippen molar-refractivity contribution >= 4 is 34.9 Å². The smallest absolute Gasteiger partial charge is 0.0304 e. The predicted molar refractivity (Wildman–Crippen MR) is 28.4 cm³/mol. The maximum absolute atomic E-state index is 2.14. The largest absolute Gasteiger partial charge is 0.187 e. The molecule has 0 rings (SSSR count). The van der Waals surface area contributed by atoms with E-state index in [9.17, 15) is 0 Å². The molecule has 0 atom stereocenters. The fraction of sp³-hybridized carbons (Fsp3) is 0. The van der Waals surface area contributed by atoms with E-state index in [1.54, 1.807) is 0 Å². The van der Waals surface area contributed by atoms with Gasteiger partial charge in [0, 0.05) is 67.4 Å². The van der Waals surface area contributed by atoms with E-state index in [0.717, 1.165) is 0 Å². The van der Waals surface area contributed by atoms with Gasteiger partial charge in [0.05, 0.1) is 7.44 Å². The number of hydrogen-bond donors (Lipinski definition) is 0. The van der Waals surface area contributed by atoms with E-state index < -0.39 is 0 Å². The van der Waals surface area contributed by atoms with Crippen LogP contribution in [0.3, 0.4) is 0 Å². The van der Waals surface area contributed by atoms with E-state index >= 15 is 0 Å². The van der Waals surface area contributed by atoms with Crippen LogP contribution in [0.25, 0.3) is 0 Å². The van der Waals surface area contributed by atoms with Crippen molar-refractivity contribution < 1.29 is 67.4 Å². The molecule has 0 spiro atoms. The minimum absolute atomic E-state index is 0. The van der Waals surface area contributed by atoms with Gasteiger partial charge in [0.25, 0.3) is 0 Å². The molecule has 0 aromatic rings. The third-order valence-corrected chi connectivity index (χ3v) is 0. The van der Waals surface area contributed by atoms with Gasteiger partial charge in [-0.05, 0) is 10.1 Å². The van der Waals surface area contributed by atoms with Crippen LogP contribution in [0, 0.1) is 0 Å². The Bertz CT molecular complexity index is 15.5. The first-order valence-electron chi connectivity index (χ1n) is 1.00. The summed E-state index contributed by atoms with van der Waals surface area (Å²) in [5.41, 5.74) is 0. The summed E-state index contributed by atoms with van der Waals surface area (Å²) in [6, 6.07) is 0. The molecule has 0 bridgehead atoms. The van der Waals surface area contributed by atoms with Gasteiger partial charge in [-0.2, -0.15) is 0 Å². The van der Waals surface area contributed by atoms with E-state index in [1.165, 1.54) is 10.1 Å². The first-order valence-corrected chi connectivity index (χ1v) is 3.00. The second-order valence-corrected chi connectivity index (χ2v) is 0. The maximum atomic E-state index is 2.14. The number of hydrogen-bond acceptors (Lipinski definition) is 0. The van der Waals surface area contributed by atoms with Crippen LogP contribution in [0.15, 0.2) is 0 Å². The summed E-state index contributed by atoms with van der Waals surface area (Å²) < 4.78 is 0. The predicted octanol–water partition coefficient (Wildman–Crippen LogP) is -3.29. The van der Waals surface area contributed by atoms with Crippen molar-refractivity contribution in [2.24, 2.45) is 0 Å². The van der Waals surface area contributed by atoms with Gasteiger partial charge in [-0.3, -0.25) is 0 Å². The average molecular weight is 278 g/mol. The minimum Gasteiger partial charge on any atom is -0.0304 e. The Kier molecular flexibility index (Phi) is 258. The standard InChI is InChI=1S/Al.BH5Si.Ti.Zn.Zr.3H/c;1-2;;;;;;/h;1H2,2H3;;;;;;. The zero-order valence-corrected chi connectivity index (χ0v) is 12.7. The van der Waals surface area contributed by atoms with Gasteiger partial charge in [0.1, 0.15) is 0 Å². The topological polar surface area (TPSA) is 0 Å². The Hall–Kier alpha value is 3.04. The van der Waals surface area contributed by atoms with Crippen LogP contribution < -0.4 is 0 Å². The normalized spacial score (nSPS) is 1.33. The maximum Gasteiger partial charge on any atom is 0.187 e. The quantitative estimate of drug-likeness (QED) is 0.408. The monoisotopic (exact) mass is 276 g/mol. The van der Waals surface area contributed by atoms with Crippen LogP contribution in [-0.4, -0.2) is 34.9 Å². The van der Waals surface area contributed by atoms with Crippen LogP contribution in [0.1, 0.15) is 0 Å². The SMILES string of the molecule is B[SiH3].[AlH3].[Ti].[Zn].[Zr]. The first-order chi connectivity index (χ1) is 1.00. The van der Waals surface area contributed by atoms with Crippen LogP contribution in [0.4, 0.5) is 0 Å². The molecule has 0 nitrogen and oxygen atoms in total. The Morgan fingerprint density at radius 3 is 1.17 bits per heavy atom. The van der Waals surface area contributed by atoms with Gasteiger partial charge < -0.3 is 0 Å². The van der Waals surface area contributed by atoms with Crippen molar-refractivity contribution in [3.63, 3.8) is 0 Å². The molecule has 0 aliphatic rings. The minimum atomic E-state index is 0. The van der Waals surface area contributed by atoms with Crippen molar-refractivity contribution in [1.82, 2.24) is 0 Å². The van der Waals surface area contributed by atoms with E-state index in [2.05, 4.69) is 7.44 Å². The van der Waals surface area contributed by atoms with Crippen molar-refractivity contribution in [2.75, 3.05) is 0 Å². The molecule has 0 unspecified atom stereocenters. The molecule has 28 valence electrons. The molecule has 0 saturated heterocycles. The Morgan fingerprint density at radius 2 is 1.17 bits per heavy atom. The van der Waals surface area contributed by atoms with Gasteiger partial charge >= 0.3 is 0 Å². The van der Waals surface area contributed by atoms with Crippen LogP contribution in [0.2, 0.25) is 0 Å². The average Bonchev–Trinajstić information content (AvgIpc) is 1.00. The van der Waals surface area contributed by atoms with Crippen molar-refractivity contribution in [1.29, 1.82) is 0 Å². The molecule has 0 aliphatic carbocycles. The molecule has 6 heteroatoms. The van der Waals surface area contributed by atoms with E-state index in [4.69, 9.17) is 0 Å². The fourth-order valence-corrected chi connectivity index (χ4v) is 0. The third-order valence-electron chi connectivity index (χ3n) is 0. The Balaban J connectivity index is -0.000000000833. The molecule has 0 aromatic carbocycles.